The van der Waals surface area contributed by atoms with Crippen molar-refractivity contribution in [2.45, 2.75) is 27.7 Å². The lowest BCUT2D eigenvalue weighted by atomic mass is 9.79. The van der Waals surface area contributed by atoms with E-state index in [0.29, 0.717) is 16.3 Å². The molecule has 6 N–H and O–H groups in total. The maximum Gasteiger partial charge on any atom is 0.490 e. The van der Waals surface area contributed by atoms with Crippen LogP contribution in [-0.4, -0.2) is 101 Å². The van der Waals surface area contributed by atoms with E-state index in [2.05, 4.69) is 20.8 Å². The third-order valence-electron chi connectivity index (χ3n) is 5.68. The van der Waals surface area contributed by atoms with Crippen LogP contribution in [0.25, 0.3) is 0 Å². The standard InChI is InChI=1S/C19H21N7O6S2.C2HF3O2/c1-25-18(22-23-24-25)33-8-11-13(14(29)30)26-16(31)19(21-12(28)7-20,17(26)34-15(11)32-2)9-3-5-10(27)6-4-9;3-2(4,5)1(6)7/h3-6,15,17,27H,7-8,20H2,1-2H3,(H,21,28)(H,29,30);(H,6,7)/t15?,17-,19-;/m0./s1. The number of tetrazole rings is 1. The normalized spacial score (nSPS) is 21.8. The molecule has 1 unspecified atom stereocenters. The van der Waals surface area contributed by atoms with Gasteiger partial charge in [-0.1, -0.05) is 35.7 Å². The molecule has 15 nitrogen and oxygen atoms in total. The van der Waals surface area contributed by atoms with Crippen molar-refractivity contribution in [3.63, 3.8) is 0 Å². The average Bonchev–Trinajstić information content (AvgIpc) is 3.33. The molecule has 1 fully saturated rings. The van der Waals surface area contributed by atoms with E-state index in [0.717, 1.165) is 4.90 Å². The van der Waals surface area contributed by atoms with Crippen molar-refractivity contribution in [1.29, 1.82) is 0 Å². The summed E-state index contributed by atoms with van der Waals surface area (Å²) in [5, 5.41) is 40.4. The highest BCUT2D eigenvalue weighted by Gasteiger charge is 2.67. The smallest absolute Gasteiger partial charge is 0.490 e. The zero-order valence-electron chi connectivity index (χ0n) is 21.0. The second kappa shape index (κ2) is 12.3. The molecule has 0 radical (unpaired) electrons. The van der Waals surface area contributed by atoms with E-state index in [9.17, 15) is 37.8 Å². The van der Waals surface area contributed by atoms with E-state index in [1.54, 1.807) is 7.05 Å². The summed E-state index contributed by atoms with van der Waals surface area (Å²) in [5.41, 5.74) is 3.69. The number of alkyl halides is 3. The van der Waals surface area contributed by atoms with E-state index in [1.165, 1.54) is 59.6 Å². The van der Waals surface area contributed by atoms with Crippen molar-refractivity contribution in [3.05, 3.63) is 41.1 Å². The van der Waals surface area contributed by atoms with Gasteiger partial charge in [0.25, 0.3) is 5.91 Å². The molecule has 0 saturated carbocycles. The number of benzene rings is 1. The van der Waals surface area contributed by atoms with Crippen LogP contribution in [0.4, 0.5) is 13.2 Å². The summed E-state index contributed by atoms with van der Waals surface area (Å²) in [6, 6.07) is 5.77. The number of aromatic hydroxyl groups is 1. The van der Waals surface area contributed by atoms with Crippen LogP contribution in [0.1, 0.15) is 5.56 Å². The third kappa shape index (κ3) is 6.24. The van der Waals surface area contributed by atoms with Crippen molar-refractivity contribution in [2.24, 2.45) is 12.8 Å². The largest absolute Gasteiger partial charge is 0.508 e. The summed E-state index contributed by atoms with van der Waals surface area (Å²) in [5.74, 6) is -5.16. The number of amides is 2. The number of phenolic OH excluding ortho intramolecular Hbond substituents is 1. The Bertz CT molecular complexity index is 1370. The van der Waals surface area contributed by atoms with Gasteiger partial charge < -0.3 is 31.1 Å². The Morgan fingerprint density at radius 3 is 2.32 bits per heavy atom. The number of hydrogen-bond donors (Lipinski definition) is 5. The van der Waals surface area contributed by atoms with Crippen LogP contribution in [0, 0.1) is 0 Å². The van der Waals surface area contributed by atoms with Crippen LogP contribution in [0.3, 0.4) is 0 Å². The number of halogens is 3. The number of thioether (sulfide) groups is 2. The molecule has 2 aliphatic rings. The average molecular weight is 622 g/mol. The summed E-state index contributed by atoms with van der Waals surface area (Å²) < 4.78 is 38.8. The number of nitrogens with one attached hydrogen (secondary N) is 1. The number of aryl methyl sites for hydroxylation is 1. The number of fused-ring (bicyclic) bond motifs is 1. The van der Waals surface area contributed by atoms with E-state index in [4.69, 9.17) is 20.4 Å². The Morgan fingerprint density at radius 1 is 1.24 bits per heavy atom. The van der Waals surface area contributed by atoms with Gasteiger partial charge in [-0.2, -0.15) is 13.2 Å². The molecule has 3 heterocycles. The van der Waals surface area contributed by atoms with Crippen LogP contribution in [0.2, 0.25) is 0 Å². The molecule has 0 spiro atoms. The molecule has 1 aromatic heterocycles. The first-order valence-corrected chi connectivity index (χ1v) is 13.1. The van der Waals surface area contributed by atoms with Gasteiger partial charge >= 0.3 is 18.1 Å². The number of aromatic nitrogens is 4. The van der Waals surface area contributed by atoms with Gasteiger partial charge in [-0.25, -0.2) is 14.3 Å². The quantitative estimate of drug-likeness (QED) is 0.191. The van der Waals surface area contributed by atoms with E-state index in [1.807, 2.05) is 0 Å². The summed E-state index contributed by atoms with van der Waals surface area (Å²) >= 11 is 2.39. The number of carboxylic acids is 2. The predicted molar refractivity (Wildman–Crippen MR) is 134 cm³/mol. The van der Waals surface area contributed by atoms with Gasteiger partial charge in [0.1, 0.15) is 22.3 Å². The molecule has 3 atom stereocenters. The van der Waals surface area contributed by atoms with E-state index in [-0.39, 0.29) is 23.7 Å². The number of ether oxygens (including phenoxy) is 1. The fraction of sp³-hybridized carbons (Fsp3) is 0.381. The maximum atomic E-state index is 13.6. The predicted octanol–water partition coefficient (Wildman–Crippen LogP) is -0.162. The molecular formula is C21H22F3N7O8S2. The first-order valence-electron chi connectivity index (χ1n) is 11.1. The SMILES string of the molecule is COC1S[C@@H]2N(C(=O)[C@@]2(NC(=O)CN)c2ccc(O)cc2)C(C(=O)O)=C1CSc1nnnn1C.O=C(O)C(F)(F)F. The van der Waals surface area contributed by atoms with Crippen molar-refractivity contribution in [3.8, 4) is 5.75 Å². The Kier molecular flexibility index (Phi) is 9.51. The second-order valence-electron chi connectivity index (χ2n) is 8.19. The minimum Gasteiger partial charge on any atom is -0.508 e. The van der Waals surface area contributed by atoms with Crippen molar-refractivity contribution < 1.29 is 52.4 Å². The van der Waals surface area contributed by atoms with Gasteiger partial charge in [-0.3, -0.25) is 14.5 Å². The molecule has 0 bridgehead atoms. The third-order valence-corrected chi connectivity index (χ3v) is 8.29. The van der Waals surface area contributed by atoms with Gasteiger partial charge in [0.05, 0.1) is 6.54 Å². The Labute approximate surface area is 236 Å². The maximum absolute atomic E-state index is 13.6. The first-order chi connectivity index (χ1) is 19.2. The van der Waals surface area contributed by atoms with Gasteiger partial charge in [0, 0.05) is 25.5 Å². The van der Waals surface area contributed by atoms with E-state index >= 15 is 0 Å². The minimum absolute atomic E-state index is 0.0255. The summed E-state index contributed by atoms with van der Waals surface area (Å²) in [7, 11) is 3.09. The summed E-state index contributed by atoms with van der Waals surface area (Å²) in [6.45, 7) is -0.368. The van der Waals surface area contributed by atoms with Crippen molar-refractivity contribution in [2.75, 3.05) is 19.4 Å². The highest BCUT2D eigenvalue weighted by molar-refractivity contribution is 8.01. The molecule has 4 rings (SSSR count). The van der Waals surface area contributed by atoms with Crippen LogP contribution in [0.15, 0.2) is 40.7 Å². The zero-order valence-corrected chi connectivity index (χ0v) is 22.7. The molecule has 2 amide bonds. The number of hydrogen-bond acceptors (Lipinski definition) is 12. The second-order valence-corrected chi connectivity index (χ2v) is 10.3. The number of phenols is 1. The van der Waals surface area contributed by atoms with Crippen LogP contribution >= 0.6 is 23.5 Å². The molecular weight excluding hydrogens is 599 g/mol. The lowest BCUT2D eigenvalue weighted by Gasteiger charge is -2.58. The number of methoxy groups -OCH3 is 1. The van der Waals surface area contributed by atoms with Gasteiger partial charge in [0.2, 0.25) is 11.1 Å². The summed E-state index contributed by atoms with van der Waals surface area (Å²) in [4.78, 5) is 48.3. The van der Waals surface area contributed by atoms with Crippen molar-refractivity contribution in [1.82, 2.24) is 30.4 Å². The molecule has 2 aromatic rings. The molecule has 0 aliphatic carbocycles. The number of carbonyl (C=O) groups is 4. The first kappa shape index (κ1) is 31.6. The van der Waals surface area contributed by atoms with E-state index < -0.39 is 46.3 Å². The van der Waals surface area contributed by atoms with Crippen LogP contribution in [-0.2, 0) is 36.5 Å². The topological polar surface area (TPSA) is 223 Å². The lowest BCUT2D eigenvalue weighted by molar-refractivity contribution is -0.192. The highest BCUT2D eigenvalue weighted by atomic mass is 32.2. The number of β-lactam (4-membered cyclic amide) rings is 1. The fourth-order valence-corrected chi connectivity index (χ4v) is 6.41. The van der Waals surface area contributed by atoms with Crippen LogP contribution in [0.5, 0.6) is 5.75 Å². The van der Waals surface area contributed by atoms with Gasteiger partial charge in [0.15, 0.2) is 5.54 Å². The Balaban J connectivity index is 0.000000587. The monoisotopic (exact) mass is 621 g/mol. The number of carboxylic acid groups (broad SMARTS) is 2. The van der Waals surface area contributed by atoms with Crippen molar-refractivity contribution >= 4 is 47.3 Å². The molecule has 20 heteroatoms. The molecule has 2 aliphatic heterocycles. The zero-order chi connectivity index (χ0) is 30.7. The Hall–Kier alpha value is -3.88. The van der Waals surface area contributed by atoms with Gasteiger partial charge in [-0.15, -0.1) is 5.10 Å². The highest BCUT2D eigenvalue weighted by Crippen LogP contribution is 2.54. The molecule has 41 heavy (non-hydrogen) atoms. The fourth-order valence-electron chi connectivity index (χ4n) is 3.89. The Morgan fingerprint density at radius 2 is 1.85 bits per heavy atom. The van der Waals surface area contributed by atoms with Gasteiger partial charge in [-0.05, 0) is 28.1 Å². The summed E-state index contributed by atoms with van der Waals surface area (Å²) in [6.07, 6.45) is -5.08. The number of carbonyl (C=O) groups excluding carboxylic acids is 2. The number of aliphatic carboxylic acids is 2. The lowest BCUT2D eigenvalue weighted by Crippen LogP contribution is -2.78. The molecule has 222 valence electrons. The van der Waals surface area contributed by atoms with Crippen LogP contribution < -0.4 is 11.1 Å². The number of rotatable bonds is 8. The minimum atomic E-state index is -5.08. The number of nitrogens with two attached hydrogens (primary N) is 1. The number of nitrogens with zero attached hydrogens (tertiary/aromatic N) is 5. The molecule has 1 aromatic carbocycles. The molecule has 1 saturated heterocycles.